The minimum Gasteiger partial charge on any atom is -0.317 e. The van der Waals surface area contributed by atoms with E-state index in [4.69, 9.17) is 0 Å². The Morgan fingerprint density at radius 2 is 1.79 bits per heavy atom. The molecule has 1 spiro atoms. The Morgan fingerprint density at radius 3 is 2.62 bits per heavy atom. The fourth-order valence-corrected chi connectivity index (χ4v) is 5.28. The number of hydrogen-bond donors (Lipinski definition) is 2. The molecule has 4 heteroatoms. The van der Waals surface area contributed by atoms with E-state index in [1.165, 1.54) is 32.1 Å². The summed E-state index contributed by atoms with van der Waals surface area (Å²) in [7, 11) is 0. The topological polar surface area (TPSA) is 37.0 Å². The van der Waals surface area contributed by atoms with Gasteiger partial charge in [0.25, 0.3) is 0 Å². The molecule has 150 valence electrons. The molecule has 2 atom stereocenters. The van der Waals surface area contributed by atoms with Crippen molar-refractivity contribution >= 4 is 10.9 Å². The summed E-state index contributed by atoms with van der Waals surface area (Å²) in [5, 5.41) is 8.56. The Bertz CT molecular complexity index is 979. The Labute approximate surface area is 171 Å². The molecule has 1 aliphatic carbocycles. The quantitative estimate of drug-likeness (QED) is 0.661. The van der Waals surface area contributed by atoms with Gasteiger partial charge < -0.3 is 10.6 Å². The number of hydrogen-bond acceptors (Lipinski definition) is 3. The van der Waals surface area contributed by atoms with Gasteiger partial charge in [-0.3, -0.25) is 4.98 Å². The van der Waals surface area contributed by atoms with Crippen LogP contribution in [-0.2, 0) is 0 Å². The molecule has 0 radical (unpaired) electrons. The van der Waals surface area contributed by atoms with Gasteiger partial charge in [-0.25, -0.2) is 4.39 Å². The Balaban J connectivity index is 1.44. The third kappa shape index (κ3) is 3.92. The van der Waals surface area contributed by atoms with Gasteiger partial charge in [0, 0.05) is 17.6 Å². The highest BCUT2D eigenvalue weighted by atomic mass is 19.1. The number of benzene rings is 2. The molecule has 2 fully saturated rings. The molecule has 0 bridgehead atoms. The average Bonchev–Trinajstić information content (AvgIpc) is 3.14. The number of aromatic nitrogens is 1. The highest BCUT2D eigenvalue weighted by molar-refractivity contribution is 5.79. The highest BCUT2D eigenvalue weighted by Crippen LogP contribution is 2.45. The van der Waals surface area contributed by atoms with Crippen LogP contribution in [0.3, 0.4) is 0 Å². The van der Waals surface area contributed by atoms with Gasteiger partial charge in [0.05, 0.1) is 11.6 Å². The minimum absolute atomic E-state index is 0.0228. The molecule has 3 nitrogen and oxygen atoms in total. The van der Waals surface area contributed by atoms with Crippen LogP contribution in [0.5, 0.6) is 0 Å². The van der Waals surface area contributed by atoms with Crippen LogP contribution in [-0.4, -0.2) is 24.1 Å². The van der Waals surface area contributed by atoms with Crippen molar-refractivity contribution in [3.05, 3.63) is 77.7 Å². The van der Waals surface area contributed by atoms with E-state index in [0.717, 1.165) is 35.1 Å². The molecule has 2 N–H and O–H groups in total. The predicted octanol–water partition coefficient (Wildman–Crippen LogP) is 4.98. The van der Waals surface area contributed by atoms with Crippen molar-refractivity contribution in [1.82, 2.24) is 15.6 Å². The number of fused-ring (bicyclic) bond motifs is 1. The largest absolute Gasteiger partial charge is 0.317 e. The van der Waals surface area contributed by atoms with Gasteiger partial charge >= 0.3 is 0 Å². The number of nitrogens with zero attached hydrogens (tertiary/aromatic N) is 1. The van der Waals surface area contributed by atoms with Gasteiger partial charge in [0.2, 0.25) is 0 Å². The molecule has 29 heavy (non-hydrogen) atoms. The molecule has 3 aromatic rings. The standard InChI is InChI=1S/C25H28FN3/c26-21-7-5-18(6-8-21)24(20-15-19-3-1-2-4-23(19)28-17-20)29-22-9-10-25(16-22)11-13-27-14-12-25/h1-8,15,17,22,24,27,29H,9-14,16H2. The SMILES string of the molecule is Fc1ccc(C(NC2CCC3(CCNCC3)C2)c2cnc3ccccc3c2)cc1. The van der Waals surface area contributed by atoms with Crippen LogP contribution in [0.15, 0.2) is 60.8 Å². The summed E-state index contributed by atoms with van der Waals surface area (Å²) in [5.41, 5.74) is 3.73. The second kappa shape index (κ2) is 7.85. The van der Waals surface area contributed by atoms with E-state index in [-0.39, 0.29) is 11.9 Å². The third-order valence-electron chi connectivity index (χ3n) is 6.92. The second-order valence-corrected chi connectivity index (χ2v) is 8.80. The maximum Gasteiger partial charge on any atom is 0.123 e. The first kappa shape index (κ1) is 18.7. The first-order valence-corrected chi connectivity index (χ1v) is 10.8. The van der Waals surface area contributed by atoms with Crippen LogP contribution in [0, 0.1) is 11.2 Å². The number of piperidine rings is 1. The van der Waals surface area contributed by atoms with Gasteiger partial charge in [-0.15, -0.1) is 0 Å². The van der Waals surface area contributed by atoms with Crippen molar-refractivity contribution < 1.29 is 4.39 Å². The molecular weight excluding hydrogens is 361 g/mol. The van der Waals surface area contributed by atoms with E-state index in [2.05, 4.69) is 27.8 Å². The summed E-state index contributed by atoms with van der Waals surface area (Å²) in [6, 6.07) is 17.8. The van der Waals surface area contributed by atoms with Crippen LogP contribution in [0.4, 0.5) is 4.39 Å². The van der Waals surface area contributed by atoms with E-state index in [0.29, 0.717) is 11.5 Å². The lowest BCUT2D eigenvalue weighted by Gasteiger charge is -2.34. The maximum atomic E-state index is 13.6. The summed E-state index contributed by atoms with van der Waals surface area (Å²) in [6.45, 7) is 2.28. The van der Waals surface area contributed by atoms with E-state index in [1.54, 1.807) is 12.1 Å². The van der Waals surface area contributed by atoms with Crippen molar-refractivity contribution in [2.45, 2.75) is 44.2 Å². The Morgan fingerprint density at radius 1 is 1.00 bits per heavy atom. The molecule has 2 aromatic carbocycles. The van der Waals surface area contributed by atoms with Gasteiger partial charge in [0.1, 0.15) is 5.82 Å². The van der Waals surface area contributed by atoms with Crippen molar-refractivity contribution in [2.24, 2.45) is 5.41 Å². The summed E-state index contributed by atoms with van der Waals surface area (Å²) < 4.78 is 13.6. The minimum atomic E-state index is -0.196. The molecule has 1 aliphatic heterocycles. The lowest BCUT2D eigenvalue weighted by Crippen LogP contribution is -2.37. The molecule has 1 saturated carbocycles. The summed E-state index contributed by atoms with van der Waals surface area (Å²) in [4.78, 5) is 4.68. The molecule has 0 amide bonds. The zero-order valence-corrected chi connectivity index (χ0v) is 16.7. The first-order valence-electron chi connectivity index (χ1n) is 10.8. The van der Waals surface area contributed by atoms with Crippen LogP contribution in [0.1, 0.15) is 49.3 Å². The second-order valence-electron chi connectivity index (χ2n) is 8.80. The average molecular weight is 390 g/mol. The third-order valence-corrected chi connectivity index (χ3v) is 6.92. The summed E-state index contributed by atoms with van der Waals surface area (Å²) in [5.74, 6) is -0.196. The smallest absolute Gasteiger partial charge is 0.123 e. The fourth-order valence-electron chi connectivity index (χ4n) is 5.28. The number of nitrogens with one attached hydrogen (secondary N) is 2. The van der Waals surface area contributed by atoms with Crippen molar-refractivity contribution in [2.75, 3.05) is 13.1 Å². The van der Waals surface area contributed by atoms with Crippen molar-refractivity contribution in [3.8, 4) is 0 Å². The summed E-state index contributed by atoms with van der Waals surface area (Å²) in [6.07, 6.45) is 8.27. The lowest BCUT2D eigenvalue weighted by atomic mass is 9.77. The van der Waals surface area contributed by atoms with Crippen LogP contribution >= 0.6 is 0 Å². The molecule has 2 unspecified atom stereocenters. The molecule has 1 aromatic heterocycles. The first-order chi connectivity index (χ1) is 14.2. The number of halogens is 1. The van der Waals surface area contributed by atoms with E-state index in [1.807, 2.05) is 36.5 Å². The van der Waals surface area contributed by atoms with Gasteiger partial charge in [-0.2, -0.15) is 0 Å². The lowest BCUT2D eigenvalue weighted by molar-refractivity contribution is 0.203. The zero-order chi connectivity index (χ0) is 19.7. The number of para-hydroxylation sites is 1. The van der Waals surface area contributed by atoms with Crippen LogP contribution < -0.4 is 10.6 Å². The van der Waals surface area contributed by atoms with E-state index < -0.39 is 0 Å². The van der Waals surface area contributed by atoms with Crippen LogP contribution in [0.2, 0.25) is 0 Å². The van der Waals surface area contributed by atoms with Gasteiger partial charge in [0.15, 0.2) is 0 Å². The highest BCUT2D eigenvalue weighted by Gasteiger charge is 2.40. The molecule has 2 heterocycles. The molecule has 5 rings (SSSR count). The predicted molar refractivity (Wildman–Crippen MR) is 115 cm³/mol. The van der Waals surface area contributed by atoms with Gasteiger partial charge in [-0.05, 0) is 86.0 Å². The number of rotatable bonds is 4. The molecular formula is C25H28FN3. The monoisotopic (exact) mass is 389 g/mol. The molecule has 2 aliphatic rings. The van der Waals surface area contributed by atoms with Crippen LogP contribution in [0.25, 0.3) is 10.9 Å². The van der Waals surface area contributed by atoms with E-state index in [9.17, 15) is 4.39 Å². The van der Waals surface area contributed by atoms with Crippen molar-refractivity contribution in [3.63, 3.8) is 0 Å². The van der Waals surface area contributed by atoms with E-state index >= 15 is 0 Å². The van der Waals surface area contributed by atoms with Gasteiger partial charge in [-0.1, -0.05) is 30.3 Å². The normalized spacial score (nSPS) is 22.2. The Kier molecular flexibility index (Phi) is 5.06. The summed E-state index contributed by atoms with van der Waals surface area (Å²) >= 11 is 0. The number of pyridine rings is 1. The zero-order valence-electron chi connectivity index (χ0n) is 16.7. The Hall–Kier alpha value is -2.30. The molecule has 1 saturated heterocycles. The van der Waals surface area contributed by atoms with Crippen molar-refractivity contribution in [1.29, 1.82) is 0 Å². The fraction of sp³-hybridized carbons (Fsp3) is 0.400. The maximum absolute atomic E-state index is 13.6.